The van der Waals surface area contributed by atoms with Crippen molar-refractivity contribution < 1.29 is 15.3 Å². The number of allylic oxidation sites excluding steroid dienone is 10. The fourth-order valence-corrected chi connectivity index (χ4v) is 2.47. The zero-order valence-electron chi connectivity index (χ0n) is 14.6. The van der Waals surface area contributed by atoms with E-state index in [4.69, 9.17) is 15.3 Å². The van der Waals surface area contributed by atoms with Crippen LogP contribution in [0.2, 0.25) is 0 Å². The first-order chi connectivity index (χ1) is 11.8. The maximum atomic E-state index is 7.76. The lowest BCUT2D eigenvalue weighted by atomic mass is 10.1. The van der Waals surface area contributed by atoms with Crippen LogP contribution in [0, 0.1) is 5.92 Å². The lowest BCUT2D eigenvalue weighted by molar-refractivity contribution is 0.0773. The number of aliphatic hydroxyl groups excluding tert-OH is 2. The SMILES string of the molecule is C1=C2CCC(C1)C2.C1=CCC=C1.C1=CCC=C1.C=CCO.OCO. The Morgan fingerprint density at radius 1 is 0.958 bits per heavy atom. The van der Waals surface area contributed by atoms with Gasteiger partial charge in [-0.3, -0.25) is 0 Å². The van der Waals surface area contributed by atoms with Crippen LogP contribution >= 0.6 is 0 Å². The van der Waals surface area contributed by atoms with E-state index >= 15 is 0 Å². The van der Waals surface area contributed by atoms with E-state index < -0.39 is 6.79 Å². The van der Waals surface area contributed by atoms with Gasteiger partial charge in [-0.2, -0.15) is 0 Å². The molecule has 0 heterocycles. The smallest absolute Gasteiger partial charge is 0.140 e. The van der Waals surface area contributed by atoms with Crippen LogP contribution in [0.1, 0.15) is 38.5 Å². The maximum absolute atomic E-state index is 7.76. The molecular formula is C21H32O3. The van der Waals surface area contributed by atoms with E-state index in [1.54, 1.807) is 5.57 Å². The van der Waals surface area contributed by atoms with Crippen LogP contribution in [0.5, 0.6) is 0 Å². The van der Waals surface area contributed by atoms with Crippen molar-refractivity contribution in [2.45, 2.75) is 38.5 Å². The van der Waals surface area contributed by atoms with Gasteiger partial charge in [-0.15, -0.1) is 6.58 Å². The molecule has 0 aromatic carbocycles. The summed E-state index contributed by atoms with van der Waals surface area (Å²) in [5, 5.41) is 22.0. The van der Waals surface area contributed by atoms with Crippen molar-refractivity contribution in [2.75, 3.05) is 13.4 Å². The zero-order valence-corrected chi connectivity index (χ0v) is 14.6. The van der Waals surface area contributed by atoms with Crippen molar-refractivity contribution in [1.29, 1.82) is 0 Å². The highest BCUT2D eigenvalue weighted by atomic mass is 16.5. The molecule has 0 aliphatic heterocycles. The fourth-order valence-electron chi connectivity index (χ4n) is 2.47. The van der Waals surface area contributed by atoms with Crippen molar-refractivity contribution in [3.8, 4) is 0 Å². The Bertz CT molecular complexity index is 400. The molecule has 1 saturated carbocycles. The molecule has 4 aliphatic rings. The Balaban J connectivity index is 0.000000286. The first-order valence-corrected chi connectivity index (χ1v) is 8.53. The standard InChI is InChI=1S/C7H10.2C5H6.C3H6O.CH4O2/c1-2-7-4-3-6(1)5-7;2*1-2-4-5-3-1;1-2-3-4;2-1-3/h1,7H,2-5H2;2*1-4H,5H2;2,4H,1,3H2;2-3H,1H2. The summed E-state index contributed by atoms with van der Waals surface area (Å²) in [6.45, 7) is 2.56. The summed E-state index contributed by atoms with van der Waals surface area (Å²) in [7, 11) is 0. The van der Waals surface area contributed by atoms with E-state index in [9.17, 15) is 0 Å². The van der Waals surface area contributed by atoms with Crippen molar-refractivity contribution in [2.24, 2.45) is 5.92 Å². The third-order valence-electron chi connectivity index (χ3n) is 3.60. The molecule has 4 rings (SSSR count). The minimum absolute atomic E-state index is 0.0833. The lowest BCUT2D eigenvalue weighted by Crippen LogP contribution is -1.85. The van der Waals surface area contributed by atoms with Crippen molar-refractivity contribution >= 4 is 0 Å². The summed E-state index contributed by atoms with van der Waals surface area (Å²) < 4.78 is 0. The molecule has 2 bridgehead atoms. The first-order valence-electron chi connectivity index (χ1n) is 8.53. The van der Waals surface area contributed by atoms with Crippen molar-refractivity contribution in [3.63, 3.8) is 0 Å². The predicted octanol–water partition coefficient (Wildman–Crippen LogP) is 4.21. The van der Waals surface area contributed by atoms with Gasteiger partial charge in [-0.1, -0.05) is 66.3 Å². The third kappa shape index (κ3) is 13.9. The monoisotopic (exact) mass is 332 g/mol. The molecule has 3 heteroatoms. The molecule has 0 radical (unpaired) electrons. The zero-order chi connectivity index (χ0) is 17.9. The maximum Gasteiger partial charge on any atom is 0.140 e. The highest BCUT2D eigenvalue weighted by Crippen LogP contribution is 2.38. The molecule has 0 aromatic rings. The second kappa shape index (κ2) is 17.7. The average molecular weight is 332 g/mol. The molecule has 134 valence electrons. The quantitative estimate of drug-likeness (QED) is 0.498. The normalized spacial score (nSPS) is 19.8. The van der Waals surface area contributed by atoms with Crippen LogP contribution in [0.4, 0.5) is 0 Å². The third-order valence-corrected chi connectivity index (χ3v) is 3.60. The van der Waals surface area contributed by atoms with Gasteiger partial charge in [0, 0.05) is 0 Å². The molecular weight excluding hydrogens is 300 g/mol. The van der Waals surface area contributed by atoms with Crippen molar-refractivity contribution in [1.82, 2.24) is 0 Å². The van der Waals surface area contributed by atoms with Gasteiger partial charge in [0.25, 0.3) is 0 Å². The Labute approximate surface area is 146 Å². The topological polar surface area (TPSA) is 60.7 Å². The molecule has 3 nitrogen and oxygen atoms in total. The molecule has 0 saturated heterocycles. The second-order valence-electron chi connectivity index (χ2n) is 5.50. The lowest BCUT2D eigenvalue weighted by Gasteiger charge is -1.98. The number of hydrogen-bond acceptors (Lipinski definition) is 3. The Morgan fingerprint density at radius 3 is 1.50 bits per heavy atom. The second-order valence-corrected chi connectivity index (χ2v) is 5.50. The minimum Gasteiger partial charge on any atom is -0.392 e. The largest absolute Gasteiger partial charge is 0.392 e. The summed E-state index contributed by atoms with van der Waals surface area (Å²) in [6.07, 6.45) is 28.6. The summed E-state index contributed by atoms with van der Waals surface area (Å²) >= 11 is 0. The van der Waals surface area contributed by atoms with Gasteiger partial charge >= 0.3 is 0 Å². The molecule has 1 unspecified atom stereocenters. The van der Waals surface area contributed by atoms with E-state index in [-0.39, 0.29) is 6.61 Å². The van der Waals surface area contributed by atoms with E-state index in [1.807, 2.05) is 0 Å². The summed E-state index contributed by atoms with van der Waals surface area (Å²) in [6, 6.07) is 0. The van der Waals surface area contributed by atoms with E-state index in [0.717, 1.165) is 18.8 Å². The minimum atomic E-state index is -0.750. The van der Waals surface area contributed by atoms with Gasteiger partial charge < -0.3 is 15.3 Å². The molecule has 4 aliphatic carbocycles. The van der Waals surface area contributed by atoms with Crippen LogP contribution in [-0.2, 0) is 0 Å². The number of fused-ring (bicyclic) bond motifs is 2. The van der Waals surface area contributed by atoms with Crippen LogP contribution in [0.3, 0.4) is 0 Å². The van der Waals surface area contributed by atoms with E-state index in [1.165, 1.54) is 31.8 Å². The van der Waals surface area contributed by atoms with Crippen LogP contribution < -0.4 is 0 Å². The van der Waals surface area contributed by atoms with Crippen molar-refractivity contribution in [3.05, 3.63) is 72.9 Å². The van der Waals surface area contributed by atoms with Gasteiger partial charge in [0.15, 0.2) is 0 Å². The number of rotatable bonds is 1. The van der Waals surface area contributed by atoms with Gasteiger partial charge in [0.2, 0.25) is 0 Å². The molecule has 1 fully saturated rings. The van der Waals surface area contributed by atoms with Crippen LogP contribution in [0.25, 0.3) is 0 Å². The highest BCUT2D eigenvalue weighted by Gasteiger charge is 2.22. The molecule has 3 N–H and O–H groups in total. The summed E-state index contributed by atoms with van der Waals surface area (Å²) in [4.78, 5) is 0. The molecule has 0 aromatic heterocycles. The average Bonchev–Trinajstić information content (AvgIpc) is 3.44. The molecule has 0 spiro atoms. The summed E-state index contributed by atoms with van der Waals surface area (Å²) in [5.74, 6) is 1.08. The predicted molar refractivity (Wildman–Crippen MR) is 102 cm³/mol. The number of aliphatic hydroxyl groups is 3. The van der Waals surface area contributed by atoms with Gasteiger partial charge in [0.1, 0.15) is 6.79 Å². The molecule has 24 heavy (non-hydrogen) atoms. The van der Waals surface area contributed by atoms with Gasteiger partial charge in [-0.25, -0.2) is 0 Å². The van der Waals surface area contributed by atoms with Crippen LogP contribution in [0.15, 0.2) is 72.9 Å². The van der Waals surface area contributed by atoms with Gasteiger partial charge in [-0.05, 0) is 44.4 Å². The van der Waals surface area contributed by atoms with E-state index in [0.29, 0.717) is 0 Å². The Hall–Kier alpha value is -1.68. The summed E-state index contributed by atoms with van der Waals surface area (Å²) in [5.41, 5.74) is 1.74. The first kappa shape index (κ1) is 22.3. The molecule has 1 atom stereocenters. The Morgan fingerprint density at radius 2 is 1.42 bits per heavy atom. The number of hydrogen-bond donors (Lipinski definition) is 3. The highest BCUT2D eigenvalue weighted by molar-refractivity contribution is 5.15. The molecule has 0 amide bonds. The van der Waals surface area contributed by atoms with E-state index in [2.05, 4.69) is 61.3 Å². The Kier molecular flexibility index (Phi) is 16.4. The fraction of sp³-hybridized carbons (Fsp3) is 0.429. The van der Waals surface area contributed by atoms with Gasteiger partial charge in [0.05, 0.1) is 6.61 Å². The van der Waals surface area contributed by atoms with Crippen LogP contribution in [-0.4, -0.2) is 28.7 Å².